The van der Waals surface area contributed by atoms with Gasteiger partial charge < -0.3 is 10.2 Å². The normalized spacial score (nSPS) is 17.5. The van der Waals surface area contributed by atoms with Gasteiger partial charge in [-0.15, -0.1) is 0 Å². The number of rotatable bonds is 5. The van der Waals surface area contributed by atoms with Gasteiger partial charge in [-0.1, -0.05) is 31.4 Å². The largest absolute Gasteiger partial charge is 0.507 e. The van der Waals surface area contributed by atoms with Crippen molar-refractivity contribution in [1.82, 2.24) is 4.31 Å². The highest BCUT2D eigenvalue weighted by molar-refractivity contribution is 7.89. The zero-order valence-corrected chi connectivity index (χ0v) is 12.2. The molecule has 6 heteroatoms. The number of aliphatic hydroxyl groups excluding tert-OH is 1. The van der Waals surface area contributed by atoms with Gasteiger partial charge in [-0.3, -0.25) is 0 Å². The van der Waals surface area contributed by atoms with Crippen molar-refractivity contribution >= 4 is 10.0 Å². The SMILES string of the molecule is O=S(=O)(c1ccccc1O)N(CCO)C1CCCCC1. The predicted molar refractivity (Wildman–Crippen MR) is 76.0 cm³/mol. The van der Waals surface area contributed by atoms with Crippen molar-refractivity contribution in [3.8, 4) is 5.75 Å². The molecule has 0 heterocycles. The molecular weight excluding hydrogens is 278 g/mol. The molecule has 1 aliphatic rings. The highest BCUT2D eigenvalue weighted by Crippen LogP contribution is 2.30. The molecule has 0 spiro atoms. The number of aromatic hydroxyl groups is 1. The number of hydrogen-bond acceptors (Lipinski definition) is 4. The predicted octanol–water partition coefficient (Wildman–Crippen LogP) is 1.71. The third kappa shape index (κ3) is 3.13. The molecule has 0 saturated heterocycles. The van der Waals surface area contributed by atoms with Gasteiger partial charge in [0.25, 0.3) is 0 Å². The van der Waals surface area contributed by atoms with E-state index in [-0.39, 0.29) is 29.8 Å². The van der Waals surface area contributed by atoms with Crippen LogP contribution in [-0.4, -0.2) is 42.1 Å². The summed E-state index contributed by atoms with van der Waals surface area (Å²) in [6, 6.07) is 5.86. The Morgan fingerprint density at radius 3 is 2.40 bits per heavy atom. The maximum Gasteiger partial charge on any atom is 0.247 e. The topological polar surface area (TPSA) is 77.8 Å². The smallest absolute Gasteiger partial charge is 0.247 e. The molecule has 20 heavy (non-hydrogen) atoms. The van der Waals surface area contributed by atoms with Gasteiger partial charge in [-0.2, -0.15) is 4.31 Å². The Hall–Kier alpha value is -1.11. The van der Waals surface area contributed by atoms with Crippen LogP contribution in [0.1, 0.15) is 32.1 Å². The lowest BCUT2D eigenvalue weighted by Crippen LogP contribution is -2.43. The lowest BCUT2D eigenvalue weighted by molar-refractivity contribution is 0.199. The van der Waals surface area contributed by atoms with Crippen molar-refractivity contribution in [2.45, 2.75) is 43.0 Å². The molecule has 2 rings (SSSR count). The summed E-state index contributed by atoms with van der Waals surface area (Å²) in [6.07, 6.45) is 4.76. The molecule has 2 N–H and O–H groups in total. The van der Waals surface area contributed by atoms with Crippen LogP contribution >= 0.6 is 0 Å². The van der Waals surface area contributed by atoms with Crippen LogP contribution < -0.4 is 0 Å². The zero-order valence-electron chi connectivity index (χ0n) is 11.4. The first-order valence-electron chi connectivity index (χ1n) is 6.98. The summed E-state index contributed by atoms with van der Waals surface area (Å²) in [7, 11) is -3.77. The van der Waals surface area contributed by atoms with E-state index in [4.69, 9.17) is 0 Å². The number of hydrogen-bond donors (Lipinski definition) is 2. The molecule has 1 aromatic rings. The summed E-state index contributed by atoms with van der Waals surface area (Å²) in [6.45, 7) is -0.148. The van der Waals surface area contributed by atoms with Crippen molar-refractivity contribution in [2.24, 2.45) is 0 Å². The summed E-state index contributed by atoms with van der Waals surface area (Å²) in [5.41, 5.74) is 0. The van der Waals surface area contributed by atoms with E-state index in [0.717, 1.165) is 32.1 Å². The monoisotopic (exact) mass is 299 g/mol. The minimum absolute atomic E-state index is 0.0708. The molecule has 1 fully saturated rings. The molecule has 0 unspecified atom stereocenters. The van der Waals surface area contributed by atoms with Gasteiger partial charge in [0.15, 0.2) is 0 Å². The fourth-order valence-electron chi connectivity index (χ4n) is 2.77. The van der Waals surface area contributed by atoms with Crippen molar-refractivity contribution in [3.63, 3.8) is 0 Å². The molecule has 0 bridgehead atoms. The average Bonchev–Trinajstić information content (AvgIpc) is 2.45. The minimum Gasteiger partial charge on any atom is -0.507 e. The zero-order chi connectivity index (χ0) is 14.6. The molecule has 0 aromatic heterocycles. The first-order valence-corrected chi connectivity index (χ1v) is 8.42. The molecule has 1 aromatic carbocycles. The van der Waals surface area contributed by atoms with Gasteiger partial charge in [0.05, 0.1) is 6.61 Å². The van der Waals surface area contributed by atoms with Crippen LogP contribution in [0.4, 0.5) is 0 Å². The standard InChI is InChI=1S/C14H21NO4S/c16-11-10-15(12-6-2-1-3-7-12)20(18,19)14-9-5-4-8-13(14)17/h4-5,8-9,12,16-17H,1-3,6-7,10-11H2. The molecule has 0 aliphatic heterocycles. The second-order valence-electron chi connectivity index (χ2n) is 5.10. The number of phenols is 1. The molecule has 0 atom stereocenters. The fourth-order valence-corrected chi connectivity index (χ4v) is 4.53. The second kappa shape index (κ2) is 6.56. The van der Waals surface area contributed by atoms with E-state index in [1.807, 2.05) is 0 Å². The van der Waals surface area contributed by atoms with Crippen LogP contribution in [0.15, 0.2) is 29.2 Å². The molecule has 1 aliphatic carbocycles. The van der Waals surface area contributed by atoms with Crippen LogP contribution in [0.2, 0.25) is 0 Å². The lowest BCUT2D eigenvalue weighted by atomic mass is 9.95. The maximum atomic E-state index is 12.7. The Morgan fingerprint density at radius 1 is 1.15 bits per heavy atom. The Morgan fingerprint density at radius 2 is 1.80 bits per heavy atom. The van der Waals surface area contributed by atoms with Gasteiger partial charge in [-0.05, 0) is 25.0 Å². The van der Waals surface area contributed by atoms with E-state index in [1.54, 1.807) is 12.1 Å². The van der Waals surface area contributed by atoms with Crippen LogP contribution in [0, 0.1) is 0 Å². The van der Waals surface area contributed by atoms with Crippen molar-refractivity contribution < 1.29 is 18.6 Å². The van der Waals surface area contributed by atoms with Gasteiger partial charge in [0.2, 0.25) is 10.0 Å². The van der Waals surface area contributed by atoms with Gasteiger partial charge in [0, 0.05) is 12.6 Å². The number of nitrogens with zero attached hydrogens (tertiary/aromatic N) is 1. The average molecular weight is 299 g/mol. The Bertz CT molecular complexity index is 538. The van der Waals surface area contributed by atoms with Crippen LogP contribution in [0.3, 0.4) is 0 Å². The van der Waals surface area contributed by atoms with Crippen LogP contribution in [-0.2, 0) is 10.0 Å². The summed E-state index contributed by atoms with van der Waals surface area (Å²) in [4.78, 5) is -0.0842. The highest BCUT2D eigenvalue weighted by atomic mass is 32.2. The maximum absolute atomic E-state index is 12.7. The summed E-state index contributed by atoms with van der Waals surface area (Å²) in [5, 5.41) is 19.0. The Kier molecular flexibility index (Phi) is 5.01. The molecule has 1 saturated carbocycles. The Labute approximate surface area is 119 Å². The van der Waals surface area contributed by atoms with Crippen LogP contribution in [0.25, 0.3) is 0 Å². The first kappa shape index (κ1) is 15.3. The van der Waals surface area contributed by atoms with E-state index in [9.17, 15) is 18.6 Å². The van der Waals surface area contributed by atoms with Crippen molar-refractivity contribution in [1.29, 1.82) is 0 Å². The van der Waals surface area contributed by atoms with E-state index < -0.39 is 10.0 Å². The molecular formula is C14H21NO4S. The third-order valence-electron chi connectivity index (χ3n) is 3.75. The van der Waals surface area contributed by atoms with Crippen LogP contribution in [0.5, 0.6) is 5.75 Å². The van der Waals surface area contributed by atoms with E-state index in [0.29, 0.717) is 0 Å². The summed E-state index contributed by atoms with van der Waals surface area (Å²) < 4.78 is 26.7. The van der Waals surface area contributed by atoms with Gasteiger partial charge in [-0.25, -0.2) is 8.42 Å². The number of phenolic OH excluding ortho intramolecular Hbond substituents is 1. The number of sulfonamides is 1. The fraction of sp³-hybridized carbons (Fsp3) is 0.571. The van der Waals surface area contributed by atoms with Gasteiger partial charge >= 0.3 is 0 Å². The highest BCUT2D eigenvalue weighted by Gasteiger charge is 2.33. The van der Waals surface area contributed by atoms with Gasteiger partial charge in [0.1, 0.15) is 10.6 Å². The molecule has 112 valence electrons. The number of para-hydroxylation sites is 1. The molecule has 0 radical (unpaired) electrons. The second-order valence-corrected chi connectivity index (χ2v) is 6.96. The van der Waals surface area contributed by atoms with Crippen molar-refractivity contribution in [3.05, 3.63) is 24.3 Å². The molecule has 5 nitrogen and oxygen atoms in total. The third-order valence-corrected chi connectivity index (χ3v) is 5.75. The van der Waals surface area contributed by atoms with E-state index in [1.165, 1.54) is 16.4 Å². The number of benzene rings is 1. The Balaban J connectivity index is 2.34. The number of aliphatic hydroxyl groups is 1. The first-order chi connectivity index (χ1) is 9.57. The lowest BCUT2D eigenvalue weighted by Gasteiger charge is -2.33. The molecule has 0 amide bonds. The summed E-state index contributed by atoms with van der Waals surface area (Å²) in [5.74, 6) is -0.244. The quantitative estimate of drug-likeness (QED) is 0.867. The van der Waals surface area contributed by atoms with E-state index in [2.05, 4.69) is 0 Å². The van der Waals surface area contributed by atoms with Crippen molar-refractivity contribution in [2.75, 3.05) is 13.2 Å². The summed E-state index contributed by atoms with van der Waals surface area (Å²) >= 11 is 0. The minimum atomic E-state index is -3.77. The van der Waals surface area contributed by atoms with E-state index >= 15 is 0 Å².